The maximum atomic E-state index is 12.0. The number of aryl methyl sites for hydroxylation is 1. The number of pyridine rings is 1. The third-order valence-corrected chi connectivity index (χ3v) is 3.25. The summed E-state index contributed by atoms with van der Waals surface area (Å²) in [5.74, 6) is -0.341. The Bertz CT molecular complexity index is 623. The number of esters is 1. The smallest absolute Gasteiger partial charge is 0.341 e. The van der Waals surface area contributed by atoms with Crippen molar-refractivity contribution in [3.05, 3.63) is 35.5 Å². The minimum Gasteiger partial charge on any atom is -0.462 e. The summed E-state index contributed by atoms with van der Waals surface area (Å²) in [7, 11) is 1.81. The molecule has 0 radical (unpaired) electrons. The lowest BCUT2D eigenvalue weighted by atomic mass is 10.0. The summed E-state index contributed by atoms with van der Waals surface area (Å²) >= 11 is 0. The van der Waals surface area contributed by atoms with Gasteiger partial charge in [-0.2, -0.15) is 0 Å². The molecule has 0 saturated carbocycles. The molecular weight excluding hydrogens is 252 g/mol. The number of nitrogens with zero attached hydrogens (tertiary/aromatic N) is 1. The molecule has 106 valence electrons. The van der Waals surface area contributed by atoms with Crippen LogP contribution in [0.1, 0.15) is 36.2 Å². The number of fused-ring (bicyclic) bond motifs is 1. The van der Waals surface area contributed by atoms with Crippen LogP contribution in [0.4, 0.5) is 5.69 Å². The van der Waals surface area contributed by atoms with Crippen molar-refractivity contribution in [1.29, 1.82) is 0 Å². The Morgan fingerprint density at radius 3 is 2.80 bits per heavy atom. The van der Waals surface area contributed by atoms with Crippen LogP contribution < -0.4 is 5.32 Å². The van der Waals surface area contributed by atoms with Crippen LogP contribution in [-0.2, 0) is 11.2 Å². The first-order valence-electron chi connectivity index (χ1n) is 6.98. The first-order valence-corrected chi connectivity index (χ1v) is 6.98. The lowest BCUT2D eigenvalue weighted by Crippen LogP contribution is -2.09. The van der Waals surface area contributed by atoms with Gasteiger partial charge in [0.15, 0.2) is 0 Å². The predicted octanol–water partition coefficient (Wildman–Crippen LogP) is 3.41. The second-order valence-electron chi connectivity index (χ2n) is 4.58. The van der Waals surface area contributed by atoms with Gasteiger partial charge < -0.3 is 10.1 Å². The first kappa shape index (κ1) is 14.3. The van der Waals surface area contributed by atoms with Gasteiger partial charge in [0.05, 0.1) is 17.8 Å². The van der Waals surface area contributed by atoms with E-state index in [4.69, 9.17) is 4.74 Å². The standard InChI is InChI=1S/C16H20N2O2/c1-4-7-11-8-6-9-12-14(11)18-10-13(15(12)17-3)16(19)20-5-2/h6,8-10H,4-5,7H2,1-3H3,(H,17,18). The molecule has 20 heavy (non-hydrogen) atoms. The second kappa shape index (κ2) is 6.37. The molecule has 0 atom stereocenters. The van der Waals surface area contributed by atoms with Gasteiger partial charge in [-0.05, 0) is 18.9 Å². The number of nitrogens with one attached hydrogen (secondary N) is 1. The topological polar surface area (TPSA) is 51.2 Å². The van der Waals surface area contributed by atoms with E-state index in [1.54, 1.807) is 13.1 Å². The van der Waals surface area contributed by atoms with Crippen molar-refractivity contribution < 1.29 is 9.53 Å². The molecular formula is C16H20N2O2. The fourth-order valence-corrected chi connectivity index (χ4v) is 2.39. The quantitative estimate of drug-likeness (QED) is 0.847. The van der Waals surface area contributed by atoms with E-state index in [1.807, 2.05) is 19.2 Å². The Morgan fingerprint density at radius 2 is 2.15 bits per heavy atom. The maximum Gasteiger partial charge on any atom is 0.341 e. The number of hydrogen-bond donors (Lipinski definition) is 1. The monoisotopic (exact) mass is 272 g/mol. The van der Waals surface area contributed by atoms with Crippen LogP contribution in [0.2, 0.25) is 0 Å². The van der Waals surface area contributed by atoms with Gasteiger partial charge in [0.1, 0.15) is 5.56 Å². The molecule has 0 bridgehead atoms. The molecule has 0 aliphatic rings. The van der Waals surface area contributed by atoms with Crippen molar-refractivity contribution in [2.24, 2.45) is 0 Å². The molecule has 1 aromatic carbocycles. The highest BCUT2D eigenvalue weighted by atomic mass is 16.5. The van der Waals surface area contributed by atoms with Crippen molar-refractivity contribution in [2.75, 3.05) is 19.0 Å². The normalized spacial score (nSPS) is 10.6. The van der Waals surface area contributed by atoms with Crippen molar-refractivity contribution in [3.63, 3.8) is 0 Å². The lowest BCUT2D eigenvalue weighted by molar-refractivity contribution is 0.0527. The average Bonchev–Trinajstić information content (AvgIpc) is 2.46. The van der Waals surface area contributed by atoms with Gasteiger partial charge in [0.2, 0.25) is 0 Å². The van der Waals surface area contributed by atoms with E-state index >= 15 is 0 Å². The molecule has 0 aliphatic carbocycles. The van der Waals surface area contributed by atoms with Crippen LogP contribution in [0.25, 0.3) is 10.9 Å². The molecule has 0 unspecified atom stereocenters. The Balaban J connectivity index is 2.62. The number of hydrogen-bond acceptors (Lipinski definition) is 4. The summed E-state index contributed by atoms with van der Waals surface area (Å²) in [5.41, 5.74) is 3.42. The summed E-state index contributed by atoms with van der Waals surface area (Å²) in [6.45, 7) is 4.30. The molecule has 1 heterocycles. The Kier molecular flexibility index (Phi) is 4.56. The van der Waals surface area contributed by atoms with Crippen LogP contribution in [-0.4, -0.2) is 24.6 Å². The van der Waals surface area contributed by atoms with Gasteiger partial charge in [-0.1, -0.05) is 31.5 Å². The Hall–Kier alpha value is -2.10. The van der Waals surface area contributed by atoms with Crippen molar-refractivity contribution >= 4 is 22.6 Å². The molecule has 0 saturated heterocycles. The highest BCUT2D eigenvalue weighted by Gasteiger charge is 2.16. The highest BCUT2D eigenvalue weighted by Crippen LogP contribution is 2.28. The molecule has 4 heteroatoms. The van der Waals surface area contributed by atoms with E-state index in [0.717, 1.165) is 29.4 Å². The summed E-state index contributed by atoms with van der Waals surface area (Å²) in [5, 5.41) is 4.07. The van der Waals surface area contributed by atoms with E-state index in [9.17, 15) is 4.79 Å². The van der Waals surface area contributed by atoms with Crippen molar-refractivity contribution in [3.8, 4) is 0 Å². The molecule has 1 aromatic heterocycles. The molecule has 0 amide bonds. The molecule has 0 aliphatic heterocycles. The Labute approximate surface area is 119 Å². The number of rotatable bonds is 5. The molecule has 2 aromatic rings. The Morgan fingerprint density at radius 1 is 1.35 bits per heavy atom. The summed E-state index contributed by atoms with van der Waals surface area (Å²) in [6, 6.07) is 6.07. The van der Waals surface area contributed by atoms with Crippen LogP contribution in [0, 0.1) is 0 Å². The van der Waals surface area contributed by atoms with E-state index in [2.05, 4.69) is 23.3 Å². The van der Waals surface area contributed by atoms with Crippen molar-refractivity contribution in [2.45, 2.75) is 26.7 Å². The number of para-hydroxylation sites is 1. The lowest BCUT2D eigenvalue weighted by Gasteiger charge is -2.13. The summed E-state index contributed by atoms with van der Waals surface area (Å²) < 4.78 is 5.08. The first-order chi connectivity index (χ1) is 9.72. The van der Waals surface area contributed by atoms with Gasteiger partial charge in [-0.25, -0.2) is 4.79 Å². The zero-order chi connectivity index (χ0) is 14.5. The van der Waals surface area contributed by atoms with Crippen LogP contribution in [0.15, 0.2) is 24.4 Å². The highest BCUT2D eigenvalue weighted by molar-refractivity contribution is 6.05. The third kappa shape index (κ3) is 2.59. The number of ether oxygens (including phenoxy) is 1. The SMILES string of the molecule is CCCc1cccc2c(NC)c(C(=O)OCC)cnc12. The van der Waals surface area contributed by atoms with Gasteiger partial charge in [-0.15, -0.1) is 0 Å². The number of anilines is 1. The average molecular weight is 272 g/mol. The van der Waals surface area contributed by atoms with Crippen LogP contribution in [0.5, 0.6) is 0 Å². The molecule has 1 N–H and O–H groups in total. The van der Waals surface area contributed by atoms with Gasteiger partial charge in [0, 0.05) is 18.6 Å². The molecule has 0 fully saturated rings. The second-order valence-corrected chi connectivity index (χ2v) is 4.58. The van der Waals surface area contributed by atoms with Gasteiger partial charge >= 0.3 is 5.97 Å². The largest absolute Gasteiger partial charge is 0.462 e. The number of benzene rings is 1. The molecule has 4 nitrogen and oxygen atoms in total. The fraction of sp³-hybridized carbons (Fsp3) is 0.375. The minimum absolute atomic E-state index is 0.341. The molecule has 2 rings (SSSR count). The van der Waals surface area contributed by atoms with Gasteiger partial charge in [0.25, 0.3) is 0 Å². The van der Waals surface area contributed by atoms with E-state index in [-0.39, 0.29) is 5.97 Å². The molecule has 0 spiro atoms. The van der Waals surface area contributed by atoms with E-state index in [1.165, 1.54) is 5.56 Å². The number of carbonyl (C=O) groups excluding carboxylic acids is 1. The zero-order valence-electron chi connectivity index (χ0n) is 12.2. The van der Waals surface area contributed by atoms with E-state index in [0.29, 0.717) is 12.2 Å². The van der Waals surface area contributed by atoms with Gasteiger partial charge in [-0.3, -0.25) is 4.98 Å². The van der Waals surface area contributed by atoms with Crippen LogP contribution >= 0.6 is 0 Å². The zero-order valence-corrected chi connectivity index (χ0v) is 12.2. The maximum absolute atomic E-state index is 12.0. The minimum atomic E-state index is -0.341. The third-order valence-electron chi connectivity index (χ3n) is 3.25. The van der Waals surface area contributed by atoms with Crippen molar-refractivity contribution in [1.82, 2.24) is 4.98 Å². The summed E-state index contributed by atoms with van der Waals surface area (Å²) in [6.07, 6.45) is 3.65. The van der Waals surface area contributed by atoms with Crippen LogP contribution in [0.3, 0.4) is 0 Å². The predicted molar refractivity (Wildman–Crippen MR) is 81.2 cm³/mol. The number of aromatic nitrogens is 1. The number of carbonyl (C=O) groups is 1. The fourth-order valence-electron chi connectivity index (χ4n) is 2.39. The summed E-state index contributed by atoms with van der Waals surface area (Å²) in [4.78, 5) is 16.4. The van der Waals surface area contributed by atoms with E-state index < -0.39 is 0 Å².